The molecule has 0 aliphatic carbocycles. The van der Waals surface area contributed by atoms with Crippen molar-refractivity contribution in [1.29, 1.82) is 5.26 Å². The Labute approximate surface area is 81.8 Å². The monoisotopic (exact) mass is 190 g/mol. The molecule has 14 heavy (non-hydrogen) atoms. The number of anilines is 1. The number of hydrogen-bond acceptors (Lipinski definition) is 4. The van der Waals surface area contributed by atoms with Crippen LogP contribution in [0.1, 0.15) is 13.3 Å². The lowest BCUT2D eigenvalue weighted by Crippen LogP contribution is -2.20. The molecular formula is C9H10N4O. The molecule has 0 aliphatic heterocycles. The van der Waals surface area contributed by atoms with Crippen LogP contribution < -0.4 is 5.32 Å². The molecule has 72 valence electrons. The van der Waals surface area contributed by atoms with E-state index in [1.165, 1.54) is 18.7 Å². The summed E-state index contributed by atoms with van der Waals surface area (Å²) in [6, 6.07) is 1.92. The van der Waals surface area contributed by atoms with Gasteiger partial charge in [0.2, 0.25) is 5.91 Å². The number of hydrogen-bond donors (Lipinski definition) is 1. The summed E-state index contributed by atoms with van der Waals surface area (Å²) >= 11 is 0. The van der Waals surface area contributed by atoms with Gasteiger partial charge in [-0.25, -0.2) is 9.97 Å². The van der Waals surface area contributed by atoms with E-state index in [0.717, 1.165) is 0 Å². The number of nitriles is 1. The van der Waals surface area contributed by atoms with Gasteiger partial charge in [-0.15, -0.1) is 0 Å². The summed E-state index contributed by atoms with van der Waals surface area (Å²) in [6.07, 6.45) is 4.83. The molecule has 1 atom stereocenters. The van der Waals surface area contributed by atoms with E-state index in [-0.39, 0.29) is 5.91 Å². The minimum absolute atomic E-state index is 0.315. The summed E-state index contributed by atoms with van der Waals surface area (Å²) in [4.78, 5) is 18.9. The largest absolute Gasteiger partial charge is 0.322 e. The first kappa shape index (κ1) is 10.1. The van der Waals surface area contributed by atoms with Gasteiger partial charge in [0.1, 0.15) is 12.2 Å². The number of carbonyl (C=O) groups is 1. The van der Waals surface area contributed by atoms with Crippen LogP contribution in [0.15, 0.2) is 18.7 Å². The summed E-state index contributed by atoms with van der Waals surface area (Å²) in [5, 5.41) is 11.2. The standard InChI is InChI=1S/C9H10N4O/c1-2-7(3-10)9(14)13-8-4-11-6-12-5-8/h4-7H,2H2,1H3,(H,13,14). The highest BCUT2D eigenvalue weighted by atomic mass is 16.1. The van der Waals surface area contributed by atoms with Crippen LogP contribution in [0.25, 0.3) is 0 Å². The van der Waals surface area contributed by atoms with Gasteiger partial charge in [0.05, 0.1) is 24.2 Å². The van der Waals surface area contributed by atoms with Gasteiger partial charge < -0.3 is 5.32 Å². The van der Waals surface area contributed by atoms with Gasteiger partial charge >= 0.3 is 0 Å². The van der Waals surface area contributed by atoms with E-state index in [0.29, 0.717) is 12.1 Å². The third kappa shape index (κ3) is 2.52. The van der Waals surface area contributed by atoms with E-state index in [1.54, 1.807) is 6.92 Å². The van der Waals surface area contributed by atoms with E-state index in [2.05, 4.69) is 15.3 Å². The maximum atomic E-state index is 11.4. The fraction of sp³-hybridized carbons (Fsp3) is 0.333. The van der Waals surface area contributed by atoms with Gasteiger partial charge in [0, 0.05) is 0 Å². The highest BCUT2D eigenvalue weighted by Gasteiger charge is 2.15. The predicted octanol–water partition coefficient (Wildman–Crippen LogP) is 0.965. The smallest absolute Gasteiger partial charge is 0.241 e. The minimum atomic E-state index is -0.616. The van der Waals surface area contributed by atoms with E-state index < -0.39 is 5.92 Å². The zero-order valence-corrected chi connectivity index (χ0v) is 7.77. The van der Waals surface area contributed by atoms with Crippen molar-refractivity contribution in [3.05, 3.63) is 18.7 Å². The van der Waals surface area contributed by atoms with Gasteiger partial charge in [-0.2, -0.15) is 5.26 Å². The molecule has 1 unspecified atom stereocenters. The van der Waals surface area contributed by atoms with Crippen LogP contribution in [0.2, 0.25) is 0 Å². The second kappa shape index (κ2) is 4.92. The number of rotatable bonds is 3. The average Bonchev–Trinajstić information content (AvgIpc) is 2.21. The molecule has 5 nitrogen and oxygen atoms in total. The van der Waals surface area contributed by atoms with Gasteiger partial charge in [-0.05, 0) is 6.42 Å². The summed E-state index contributed by atoms with van der Waals surface area (Å²) < 4.78 is 0. The molecule has 0 spiro atoms. The molecule has 1 N–H and O–H groups in total. The molecule has 1 heterocycles. The predicted molar refractivity (Wildman–Crippen MR) is 50.1 cm³/mol. The van der Waals surface area contributed by atoms with Crippen molar-refractivity contribution in [2.75, 3.05) is 5.32 Å². The number of aromatic nitrogens is 2. The lowest BCUT2D eigenvalue weighted by atomic mass is 10.1. The number of carbonyl (C=O) groups excluding carboxylic acids is 1. The van der Waals surface area contributed by atoms with E-state index in [4.69, 9.17) is 5.26 Å². The highest BCUT2D eigenvalue weighted by Crippen LogP contribution is 2.06. The van der Waals surface area contributed by atoms with Gasteiger partial charge in [0.25, 0.3) is 0 Å². The highest BCUT2D eigenvalue weighted by molar-refractivity contribution is 5.93. The third-order valence-corrected chi connectivity index (χ3v) is 1.71. The Morgan fingerprint density at radius 3 is 2.79 bits per heavy atom. The van der Waals surface area contributed by atoms with Gasteiger partial charge in [-0.3, -0.25) is 4.79 Å². The second-order valence-electron chi connectivity index (χ2n) is 2.71. The van der Waals surface area contributed by atoms with E-state index in [1.807, 2.05) is 6.07 Å². The van der Waals surface area contributed by atoms with Crippen LogP contribution in [-0.2, 0) is 4.79 Å². The average molecular weight is 190 g/mol. The van der Waals surface area contributed by atoms with Crippen LogP contribution >= 0.6 is 0 Å². The zero-order valence-electron chi connectivity index (χ0n) is 7.77. The third-order valence-electron chi connectivity index (χ3n) is 1.71. The molecule has 1 aromatic heterocycles. The normalized spacial score (nSPS) is 11.4. The molecule has 0 saturated carbocycles. The molecule has 0 aromatic carbocycles. The van der Waals surface area contributed by atoms with Crippen molar-refractivity contribution in [3.8, 4) is 6.07 Å². The molecule has 0 aliphatic rings. The lowest BCUT2D eigenvalue weighted by Gasteiger charge is -2.06. The zero-order chi connectivity index (χ0) is 10.4. The maximum absolute atomic E-state index is 11.4. The topological polar surface area (TPSA) is 78.7 Å². The summed E-state index contributed by atoms with van der Waals surface area (Å²) in [5.74, 6) is -0.931. The molecule has 1 aromatic rings. The van der Waals surface area contributed by atoms with Crippen LogP contribution in [-0.4, -0.2) is 15.9 Å². The summed E-state index contributed by atoms with van der Waals surface area (Å²) in [6.45, 7) is 1.79. The molecular weight excluding hydrogens is 180 g/mol. The van der Waals surface area contributed by atoms with Crippen molar-refractivity contribution >= 4 is 11.6 Å². The molecule has 0 saturated heterocycles. The van der Waals surface area contributed by atoms with Crippen LogP contribution in [0.5, 0.6) is 0 Å². The minimum Gasteiger partial charge on any atom is -0.322 e. The Kier molecular flexibility index (Phi) is 3.56. The second-order valence-corrected chi connectivity index (χ2v) is 2.71. The van der Waals surface area contributed by atoms with Gasteiger partial charge in [-0.1, -0.05) is 6.92 Å². The van der Waals surface area contributed by atoms with E-state index in [9.17, 15) is 4.79 Å². The maximum Gasteiger partial charge on any atom is 0.241 e. The fourth-order valence-electron chi connectivity index (χ4n) is 0.928. The molecule has 0 bridgehead atoms. The SMILES string of the molecule is CCC(C#N)C(=O)Nc1cncnc1. The summed E-state index contributed by atoms with van der Waals surface area (Å²) in [5.41, 5.74) is 0.506. The molecule has 0 radical (unpaired) electrons. The Morgan fingerprint density at radius 2 is 2.29 bits per heavy atom. The first-order valence-electron chi connectivity index (χ1n) is 4.23. The Morgan fingerprint density at radius 1 is 1.64 bits per heavy atom. The lowest BCUT2D eigenvalue weighted by molar-refractivity contribution is -0.118. The van der Waals surface area contributed by atoms with Crippen molar-refractivity contribution in [2.24, 2.45) is 5.92 Å². The van der Waals surface area contributed by atoms with Crippen molar-refractivity contribution in [2.45, 2.75) is 13.3 Å². The van der Waals surface area contributed by atoms with Crippen LogP contribution in [0, 0.1) is 17.2 Å². The van der Waals surface area contributed by atoms with Crippen molar-refractivity contribution in [1.82, 2.24) is 9.97 Å². The van der Waals surface area contributed by atoms with Crippen LogP contribution in [0.3, 0.4) is 0 Å². The van der Waals surface area contributed by atoms with E-state index >= 15 is 0 Å². The van der Waals surface area contributed by atoms with Gasteiger partial charge in [0.15, 0.2) is 0 Å². The van der Waals surface area contributed by atoms with Crippen molar-refractivity contribution in [3.63, 3.8) is 0 Å². The number of nitrogens with zero attached hydrogens (tertiary/aromatic N) is 3. The molecule has 1 amide bonds. The molecule has 1 rings (SSSR count). The fourth-order valence-corrected chi connectivity index (χ4v) is 0.928. The summed E-state index contributed by atoms with van der Waals surface area (Å²) in [7, 11) is 0. The first-order chi connectivity index (χ1) is 6.77. The Balaban J connectivity index is 2.62. The first-order valence-corrected chi connectivity index (χ1v) is 4.23. The Bertz CT molecular complexity index is 344. The Hall–Kier alpha value is -1.96. The number of amides is 1. The molecule has 0 fully saturated rings. The quantitative estimate of drug-likeness (QED) is 0.770. The van der Waals surface area contributed by atoms with Crippen LogP contribution in [0.4, 0.5) is 5.69 Å². The molecule has 5 heteroatoms. The number of nitrogens with one attached hydrogen (secondary N) is 1. The van der Waals surface area contributed by atoms with Crippen molar-refractivity contribution < 1.29 is 4.79 Å².